The molecule has 130 valence electrons. The van der Waals surface area contributed by atoms with Crippen molar-refractivity contribution in [1.29, 1.82) is 0 Å². The number of methoxy groups -OCH3 is 1. The number of esters is 1. The van der Waals surface area contributed by atoms with Crippen molar-refractivity contribution in [3.63, 3.8) is 0 Å². The fourth-order valence-corrected chi connectivity index (χ4v) is 2.71. The molecular formula is C15H17ClN2O6. The summed E-state index contributed by atoms with van der Waals surface area (Å²) in [5.41, 5.74) is -0.149. The minimum atomic E-state index is -0.563. The molecule has 0 aromatic heterocycles. The maximum absolute atomic E-state index is 12.1. The van der Waals surface area contributed by atoms with E-state index in [-0.39, 0.29) is 40.9 Å². The molecule has 1 aromatic rings. The number of nitro groups is 1. The molecule has 1 amide bonds. The predicted octanol–water partition coefficient (Wildman–Crippen LogP) is 2.04. The average Bonchev–Trinajstić information content (AvgIpc) is 2.59. The molecule has 1 aliphatic rings. The molecule has 0 aliphatic carbocycles. The van der Waals surface area contributed by atoms with Crippen molar-refractivity contribution in [2.45, 2.75) is 12.8 Å². The number of hydrogen-bond acceptors (Lipinski definition) is 6. The molecule has 24 heavy (non-hydrogen) atoms. The number of halogens is 1. The van der Waals surface area contributed by atoms with Crippen LogP contribution in [0.4, 0.5) is 5.69 Å². The summed E-state index contributed by atoms with van der Waals surface area (Å²) in [6.07, 6.45) is 1.10. The van der Waals surface area contributed by atoms with Gasteiger partial charge in [0.15, 0.2) is 6.61 Å². The Morgan fingerprint density at radius 2 is 2.04 bits per heavy atom. The van der Waals surface area contributed by atoms with Crippen LogP contribution >= 0.6 is 11.6 Å². The van der Waals surface area contributed by atoms with E-state index in [1.54, 1.807) is 4.90 Å². The molecule has 0 bridgehead atoms. The number of amides is 1. The molecule has 9 heteroatoms. The van der Waals surface area contributed by atoms with E-state index < -0.39 is 4.92 Å². The van der Waals surface area contributed by atoms with Gasteiger partial charge in [-0.25, -0.2) is 0 Å². The van der Waals surface area contributed by atoms with E-state index in [4.69, 9.17) is 21.1 Å². The van der Waals surface area contributed by atoms with Gasteiger partial charge in [0.2, 0.25) is 0 Å². The van der Waals surface area contributed by atoms with Crippen LogP contribution in [-0.4, -0.2) is 48.5 Å². The molecule has 0 radical (unpaired) electrons. The van der Waals surface area contributed by atoms with Crippen LogP contribution < -0.4 is 4.74 Å². The summed E-state index contributed by atoms with van der Waals surface area (Å²) in [6, 6.07) is 3.79. The van der Waals surface area contributed by atoms with Crippen molar-refractivity contribution in [3.05, 3.63) is 33.3 Å². The highest BCUT2D eigenvalue weighted by Crippen LogP contribution is 2.28. The van der Waals surface area contributed by atoms with Gasteiger partial charge >= 0.3 is 5.97 Å². The molecule has 0 unspecified atom stereocenters. The lowest BCUT2D eigenvalue weighted by Gasteiger charge is -2.30. The van der Waals surface area contributed by atoms with Gasteiger partial charge in [-0.2, -0.15) is 0 Å². The molecule has 0 N–H and O–H groups in total. The largest absolute Gasteiger partial charge is 0.482 e. The number of non-ortho nitro benzene ring substituents is 1. The minimum absolute atomic E-state index is 0.0707. The van der Waals surface area contributed by atoms with Crippen LogP contribution in [0.15, 0.2) is 18.2 Å². The molecule has 1 fully saturated rings. The van der Waals surface area contributed by atoms with Gasteiger partial charge < -0.3 is 14.4 Å². The molecule has 1 aliphatic heterocycles. The Hall–Kier alpha value is -2.35. The van der Waals surface area contributed by atoms with Gasteiger partial charge in [-0.3, -0.25) is 19.7 Å². The number of carbonyl (C=O) groups excluding carboxylic acids is 2. The normalized spacial score (nSPS) is 15.0. The highest BCUT2D eigenvalue weighted by atomic mass is 35.5. The second-order valence-corrected chi connectivity index (χ2v) is 5.75. The zero-order valence-corrected chi connectivity index (χ0v) is 13.8. The van der Waals surface area contributed by atoms with Crippen molar-refractivity contribution in [1.82, 2.24) is 4.90 Å². The number of benzene rings is 1. The van der Waals surface area contributed by atoms with E-state index in [0.29, 0.717) is 25.9 Å². The number of nitro benzene ring substituents is 1. The van der Waals surface area contributed by atoms with E-state index in [2.05, 4.69) is 0 Å². The Morgan fingerprint density at radius 3 is 2.58 bits per heavy atom. The van der Waals surface area contributed by atoms with Crippen LogP contribution in [0.25, 0.3) is 0 Å². The summed E-state index contributed by atoms with van der Waals surface area (Å²) in [4.78, 5) is 35.3. The average molecular weight is 357 g/mol. The van der Waals surface area contributed by atoms with Gasteiger partial charge in [0, 0.05) is 25.2 Å². The predicted molar refractivity (Wildman–Crippen MR) is 84.9 cm³/mol. The maximum Gasteiger partial charge on any atom is 0.308 e. The third-order valence-corrected chi connectivity index (χ3v) is 4.15. The summed E-state index contributed by atoms with van der Waals surface area (Å²) >= 11 is 5.91. The summed E-state index contributed by atoms with van der Waals surface area (Å²) in [5.74, 6) is -0.451. The summed E-state index contributed by atoms with van der Waals surface area (Å²) in [6.45, 7) is 0.687. The van der Waals surface area contributed by atoms with Crippen LogP contribution in [0.5, 0.6) is 5.75 Å². The van der Waals surface area contributed by atoms with Gasteiger partial charge in [0.25, 0.3) is 11.6 Å². The smallest absolute Gasteiger partial charge is 0.308 e. The summed E-state index contributed by atoms with van der Waals surface area (Å²) in [7, 11) is 1.35. The third kappa shape index (κ3) is 4.35. The lowest BCUT2D eigenvalue weighted by molar-refractivity contribution is -0.384. The van der Waals surface area contributed by atoms with Crippen molar-refractivity contribution in [3.8, 4) is 5.75 Å². The molecular weight excluding hydrogens is 340 g/mol. The highest BCUT2D eigenvalue weighted by molar-refractivity contribution is 6.32. The van der Waals surface area contributed by atoms with Crippen molar-refractivity contribution >= 4 is 29.2 Å². The van der Waals surface area contributed by atoms with E-state index in [9.17, 15) is 19.7 Å². The van der Waals surface area contributed by atoms with E-state index in [0.717, 1.165) is 0 Å². The second-order valence-electron chi connectivity index (χ2n) is 5.34. The Kier molecular flexibility index (Phi) is 5.97. The molecule has 8 nitrogen and oxygen atoms in total. The number of likely N-dealkylation sites (tertiary alicyclic amines) is 1. The third-order valence-electron chi connectivity index (χ3n) is 3.86. The molecule has 1 saturated heterocycles. The van der Waals surface area contributed by atoms with Gasteiger partial charge in [0.1, 0.15) is 5.75 Å². The Labute approximate surface area is 143 Å². The number of carbonyl (C=O) groups is 2. The van der Waals surface area contributed by atoms with E-state index in [1.165, 1.54) is 25.3 Å². The lowest BCUT2D eigenvalue weighted by atomic mass is 9.97. The second kappa shape index (κ2) is 7.96. The van der Waals surface area contributed by atoms with Gasteiger partial charge in [-0.15, -0.1) is 0 Å². The standard InChI is InChI=1S/C15H17ClN2O6/c1-23-15(20)10-4-6-17(7-5-10)14(19)9-24-13-3-2-11(18(21)22)8-12(13)16/h2-3,8,10H,4-7,9H2,1H3. The van der Waals surface area contributed by atoms with Crippen molar-refractivity contribution in [2.24, 2.45) is 5.92 Å². The first-order valence-corrected chi connectivity index (χ1v) is 7.72. The van der Waals surface area contributed by atoms with E-state index in [1.807, 2.05) is 0 Å². The zero-order valence-electron chi connectivity index (χ0n) is 13.1. The Morgan fingerprint density at radius 1 is 1.38 bits per heavy atom. The summed E-state index contributed by atoms with van der Waals surface area (Å²) < 4.78 is 10.0. The first-order chi connectivity index (χ1) is 11.4. The van der Waals surface area contributed by atoms with Gasteiger partial charge in [0.05, 0.1) is 23.0 Å². The summed E-state index contributed by atoms with van der Waals surface area (Å²) in [5, 5.41) is 10.7. The van der Waals surface area contributed by atoms with Crippen molar-refractivity contribution < 1.29 is 24.0 Å². The maximum atomic E-state index is 12.1. The zero-order chi connectivity index (χ0) is 17.7. The topological polar surface area (TPSA) is 99.0 Å². The van der Waals surface area contributed by atoms with Crippen LogP contribution in [0.3, 0.4) is 0 Å². The number of hydrogen-bond donors (Lipinski definition) is 0. The Balaban J connectivity index is 1.86. The number of ether oxygens (including phenoxy) is 2. The fourth-order valence-electron chi connectivity index (χ4n) is 2.48. The van der Waals surface area contributed by atoms with Crippen LogP contribution in [-0.2, 0) is 14.3 Å². The SMILES string of the molecule is COC(=O)C1CCN(C(=O)COc2ccc([N+](=O)[O-])cc2Cl)CC1. The molecule has 1 heterocycles. The first kappa shape index (κ1) is 18.0. The lowest BCUT2D eigenvalue weighted by Crippen LogP contribution is -2.42. The van der Waals surface area contributed by atoms with Crippen LogP contribution in [0, 0.1) is 16.0 Å². The molecule has 2 rings (SSSR count). The Bertz CT molecular complexity index is 643. The quantitative estimate of drug-likeness (QED) is 0.455. The highest BCUT2D eigenvalue weighted by Gasteiger charge is 2.28. The molecule has 0 saturated carbocycles. The number of rotatable bonds is 5. The van der Waals surface area contributed by atoms with E-state index >= 15 is 0 Å². The van der Waals surface area contributed by atoms with Gasteiger partial charge in [-0.1, -0.05) is 11.6 Å². The first-order valence-electron chi connectivity index (χ1n) is 7.34. The number of nitrogens with zero attached hydrogens (tertiary/aromatic N) is 2. The molecule has 1 aromatic carbocycles. The molecule has 0 atom stereocenters. The molecule has 0 spiro atoms. The monoisotopic (exact) mass is 356 g/mol. The minimum Gasteiger partial charge on any atom is -0.482 e. The number of piperidine rings is 1. The van der Waals surface area contributed by atoms with Crippen LogP contribution in [0.1, 0.15) is 12.8 Å². The van der Waals surface area contributed by atoms with Gasteiger partial charge in [-0.05, 0) is 18.9 Å². The van der Waals surface area contributed by atoms with Crippen LogP contribution in [0.2, 0.25) is 5.02 Å². The van der Waals surface area contributed by atoms with Crippen molar-refractivity contribution in [2.75, 3.05) is 26.8 Å². The fraction of sp³-hybridized carbons (Fsp3) is 0.467.